The van der Waals surface area contributed by atoms with Gasteiger partial charge in [-0.15, -0.1) is 0 Å². The van der Waals surface area contributed by atoms with Crippen molar-refractivity contribution in [2.75, 3.05) is 0 Å². The minimum Gasteiger partial charge on any atom is -0.225 e. The van der Waals surface area contributed by atoms with E-state index in [-0.39, 0.29) is 15.4 Å². The van der Waals surface area contributed by atoms with Crippen LogP contribution in [0.5, 0.6) is 0 Å². The Labute approximate surface area is 118 Å². The van der Waals surface area contributed by atoms with Crippen molar-refractivity contribution in [2.45, 2.75) is 15.5 Å². The molecule has 2 rings (SSSR count). The molecule has 7 heteroatoms. The van der Waals surface area contributed by atoms with Gasteiger partial charge in [0.25, 0.3) is 0 Å². The van der Waals surface area contributed by atoms with Crippen molar-refractivity contribution in [1.82, 2.24) is 0 Å². The number of hydrogen-bond acceptors (Lipinski definition) is 4. The predicted molar refractivity (Wildman–Crippen MR) is 75.1 cm³/mol. The molecule has 0 aliphatic rings. The maximum Gasteiger partial charge on any atom is 0.238 e. The molecule has 0 atom stereocenters. The van der Waals surface area contributed by atoms with E-state index in [2.05, 4.69) is 0 Å². The minimum absolute atomic E-state index is 0.143. The molecular weight excluding hydrogens is 298 g/mol. The number of nitrogens with two attached hydrogens (primary N) is 1. The maximum absolute atomic E-state index is 12.2. The van der Waals surface area contributed by atoms with Gasteiger partial charge >= 0.3 is 0 Å². The maximum atomic E-state index is 12.2. The molecule has 2 N–H and O–H groups in total. The summed E-state index contributed by atoms with van der Waals surface area (Å²) in [4.78, 5) is -0.0243. The molecule has 0 saturated heterocycles. The van der Waals surface area contributed by atoms with Crippen LogP contribution in [0.15, 0.2) is 64.4 Å². The average molecular weight is 311 g/mol. The second-order valence-corrected chi connectivity index (χ2v) is 7.74. The molecule has 0 saturated carbocycles. The molecule has 0 bridgehead atoms. The van der Waals surface area contributed by atoms with Crippen molar-refractivity contribution >= 4 is 19.9 Å². The topological polar surface area (TPSA) is 94.3 Å². The lowest BCUT2D eigenvalue weighted by Gasteiger charge is -2.08. The fourth-order valence-electron chi connectivity index (χ4n) is 1.82. The highest BCUT2D eigenvalue weighted by atomic mass is 32.2. The molecule has 0 aliphatic heterocycles. The lowest BCUT2D eigenvalue weighted by Crippen LogP contribution is -2.16. The van der Waals surface area contributed by atoms with Gasteiger partial charge in [0.2, 0.25) is 10.0 Å². The van der Waals surface area contributed by atoms with Gasteiger partial charge < -0.3 is 0 Å². The van der Waals surface area contributed by atoms with Crippen LogP contribution in [-0.4, -0.2) is 16.8 Å². The molecular formula is C13H13NO4S2. The van der Waals surface area contributed by atoms with E-state index >= 15 is 0 Å². The van der Waals surface area contributed by atoms with Crippen LogP contribution in [0.1, 0.15) is 5.56 Å². The molecule has 0 amide bonds. The van der Waals surface area contributed by atoms with Gasteiger partial charge in [0, 0.05) is 0 Å². The van der Waals surface area contributed by atoms with Crippen molar-refractivity contribution in [3.63, 3.8) is 0 Å². The van der Waals surface area contributed by atoms with Crippen LogP contribution in [0.25, 0.3) is 0 Å². The number of primary sulfonamides is 1. The molecule has 0 radical (unpaired) electrons. The van der Waals surface area contributed by atoms with Crippen LogP contribution >= 0.6 is 0 Å². The van der Waals surface area contributed by atoms with Crippen molar-refractivity contribution in [3.8, 4) is 0 Å². The molecule has 20 heavy (non-hydrogen) atoms. The molecule has 0 heterocycles. The number of sulfonamides is 1. The largest absolute Gasteiger partial charge is 0.238 e. The Morgan fingerprint density at radius 3 is 1.95 bits per heavy atom. The predicted octanol–water partition coefficient (Wildman–Crippen LogP) is 1.31. The fourth-order valence-corrected chi connectivity index (χ4v) is 4.08. The highest BCUT2D eigenvalue weighted by Gasteiger charge is 2.20. The monoisotopic (exact) mass is 311 g/mol. The van der Waals surface area contributed by atoms with Gasteiger partial charge in [-0.1, -0.05) is 36.4 Å². The molecule has 5 nitrogen and oxygen atoms in total. The van der Waals surface area contributed by atoms with E-state index in [1.165, 1.54) is 30.3 Å². The Hall–Kier alpha value is -1.70. The second-order valence-electron chi connectivity index (χ2n) is 4.22. The Bertz CT molecular complexity index is 812. The minimum atomic E-state index is -3.95. The van der Waals surface area contributed by atoms with Crippen molar-refractivity contribution in [3.05, 3.63) is 60.2 Å². The molecule has 0 unspecified atom stereocenters. The van der Waals surface area contributed by atoms with Crippen molar-refractivity contribution in [2.24, 2.45) is 5.14 Å². The summed E-state index contributed by atoms with van der Waals surface area (Å²) in [5.74, 6) is -0.413. The Morgan fingerprint density at radius 2 is 1.35 bits per heavy atom. The van der Waals surface area contributed by atoms with Gasteiger partial charge in [0.1, 0.15) is 0 Å². The number of rotatable bonds is 4. The smallest absolute Gasteiger partial charge is 0.225 e. The standard InChI is InChI=1S/C13H13NO4S2/c14-20(17,18)13-9-5-4-6-11(13)10-19(15,16)12-7-2-1-3-8-12/h1-9H,10H2,(H2,14,17,18). The molecule has 0 fully saturated rings. The summed E-state index contributed by atoms with van der Waals surface area (Å²) in [6.07, 6.45) is 0. The highest BCUT2D eigenvalue weighted by molar-refractivity contribution is 7.91. The summed E-state index contributed by atoms with van der Waals surface area (Å²) in [6, 6.07) is 13.7. The lowest BCUT2D eigenvalue weighted by molar-refractivity contribution is 0.593. The van der Waals surface area contributed by atoms with Crippen LogP contribution in [-0.2, 0) is 25.6 Å². The Balaban J connectivity index is 2.46. The SMILES string of the molecule is NS(=O)(=O)c1ccccc1CS(=O)(=O)c1ccccc1. The van der Waals surface area contributed by atoms with Crippen molar-refractivity contribution < 1.29 is 16.8 Å². The Morgan fingerprint density at radius 1 is 0.800 bits per heavy atom. The summed E-state index contributed by atoms with van der Waals surface area (Å²) >= 11 is 0. The van der Waals surface area contributed by atoms with Crippen LogP contribution in [0.2, 0.25) is 0 Å². The van der Waals surface area contributed by atoms with Gasteiger partial charge in [-0.2, -0.15) is 0 Å². The Kier molecular flexibility index (Phi) is 3.94. The van der Waals surface area contributed by atoms with Gasteiger partial charge in [-0.3, -0.25) is 0 Å². The lowest BCUT2D eigenvalue weighted by atomic mass is 10.2. The zero-order valence-corrected chi connectivity index (χ0v) is 12.1. The molecule has 0 spiro atoms. The highest BCUT2D eigenvalue weighted by Crippen LogP contribution is 2.21. The first-order valence-electron chi connectivity index (χ1n) is 5.69. The summed E-state index contributed by atoms with van der Waals surface area (Å²) in [7, 11) is -7.57. The molecule has 2 aromatic rings. The third-order valence-electron chi connectivity index (χ3n) is 2.73. The summed E-state index contributed by atoms with van der Waals surface area (Å²) in [5, 5.41) is 5.09. The summed E-state index contributed by atoms with van der Waals surface area (Å²) in [6.45, 7) is 0. The molecule has 0 aromatic heterocycles. The van der Waals surface area contributed by atoms with Crippen molar-refractivity contribution in [1.29, 1.82) is 0 Å². The zero-order chi connectivity index (χ0) is 14.8. The van der Waals surface area contributed by atoms with E-state index in [1.54, 1.807) is 24.3 Å². The third-order valence-corrected chi connectivity index (χ3v) is 5.42. The van der Waals surface area contributed by atoms with Crippen LogP contribution < -0.4 is 5.14 Å². The first kappa shape index (κ1) is 14.7. The van der Waals surface area contributed by atoms with E-state index in [0.717, 1.165) is 0 Å². The van der Waals surface area contributed by atoms with Gasteiger partial charge in [-0.25, -0.2) is 22.0 Å². The van der Waals surface area contributed by atoms with Gasteiger partial charge in [-0.05, 0) is 23.8 Å². The zero-order valence-electron chi connectivity index (χ0n) is 10.4. The normalized spacial score (nSPS) is 12.2. The van der Waals surface area contributed by atoms with Crippen LogP contribution in [0.4, 0.5) is 0 Å². The first-order valence-corrected chi connectivity index (χ1v) is 8.89. The van der Waals surface area contributed by atoms with Crippen LogP contribution in [0, 0.1) is 0 Å². The molecule has 0 aliphatic carbocycles. The molecule has 106 valence electrons. The first-order chi connectivity index (χ1) is 9.31. The van der Waals surface area contributed by atoms with Crippen LogP contribution in [0.3, 0.4) is 0 Å². The summed E-state index contributed by atoms with van der Waals surface area (Å²) in [5.41, 5.74) is 0.166. The average Bonchev–Trinajstić information content (AvgIpc) is 2.39. The third kappa shape index (κ3) is 3.24. The van der Waals surface area contributed by atoms with E-state index < -0.39 is 25.6 Å². The molecule has 2 aromatic carbocycles. The quantitative estimate of drug-likeness (QED) is 0.921. The number of benzene rings is 2. The number of sulfone groups is 1. The number of hydrogen-bond donors (Lipinski definition) is 1. The van der Waals surface area contributed by atoms with E-state index in [0.29, 0.717) is 0 Å². The van der Waals surface area contributed by atoms with E-state index in [4.69, 9.17) is 5.14 Å². The van der Waals surface area contributed by atoms with Gasteiger partial charge in [0.15, 0.2) is 9.84 Å². The fraction of sp³-hybridized carbons (Fsp3) is 0.0769. The van der Waals surface area contributed by atoms with Gasteiger partial charge in [0.05, 0.1) is 15.5 Å². The second kappa shape index (κ2) is 5.35. The van der Waals surface area contributed by atoms with E-state index in [1.807, 2.05) is 0 Å². The summed E-state index contributed by atoms with van der Waals surface area (Å²) < 4.78 is 47.4. The van der Waals surface area contributed by atoms with E-state index in [9.17, 15) is 16.8 Å².